The monoisotopic (exact) mass is 502 g/mol. The van der Waals surface area contributed by atoms with Crippen LogP contribution in [0, 0.1) is 19.8 Å². The van der Waals surface area contributed by atoms with Crippen LogP contribution >= 0.6 is 0 Å². The summed E-state index contributed by atoms with van der Waals surface area (Å²) >= 11 is 2.44. The Balaban J connectivity index is 0.000000347. The van der Waals surface area contributed by atoms with Gasteiger partial charge in [-0.15, -0.1) is 11.5 Å². The first-order chi connectivity index (χ1) is 11.5. The zero-order chi connectivity index (χ0) is 17.8. The molecule has 0 aromatic heterocycles. The first-order valence-corrected chi connectivity index (χ1v) is 8.48. The number of hydrogen-bond donors (Lipinski definition) is 0. The fourth-order valence-electron chi connectivity index (χ4n) is 1.63. The van der Waals surface area contributed by atoms with Crippen LogP contribution in [0.4, 0.5) is 0 Å². The summed E-state index contributed by atoms with van der Waals surface area (Å²) in [6.45, 7) is 6.12. The molecule has 0 heterocycles. The molecule has 3 rings (SSSR count). The zero-order valence-corrected chi connectivity index (χ0v) is 19.0. The number of carbonyl (C=O) groups excluding carboxylic acids is 1. The SMILES string of the molecule is CC1=CC=C=C[CH]1.CC1=CC=C=C[CH]1.Cc1ccc(C(=O)[Se-])cc1.[Sb]. The molecular weight excluding hydrogens is 481 g/mol. The topological polar surface area (TPSA) is 17.1 Å². The standard InChI is InChI=1S/C8H8OSe.2C7H7.Sb/c1-6-2-4-7(5-3-6)8(9)10;2*1-7-5-3-2-4-6-7;/h2-5H,1H3,(H,9,10);2*3-6H,1H3;/p-1. The summed E-state index contributed by atoms with van der Waals surface area (Å²) in [6, 6.07) is 7.47. The predicted molar refractivity (Wildman–Crippen MR) is 108 cm³/mol. The van der Waals surface area contributed by atoms with Crippen molar-refractivity contribution in [2.75, 3.05) is 0 Å². The summed E-state index contributed by atoms with van der Waals surface area (Å²) < 4.78 is 0.000000000000000444. The van der Waals surface area contributed by atoms with Crippen molar-refractivity contribution in [2.45, 2.75) is 20.8 Å². The molecule has 0 N–H and O–H groups in total. The van der Waals surface area contributed by atoms with E-state index in [9.17, 15) is 4.79 Å². The number of benzene rings is 1. The number of allylic oxidation sites excluding steroid dienone is 6. The maximum absolute atomic E-state index is 10.7. The Hall–Kier alpha value is -1.25. The van der Waals surface area contributed by atoms with Crippen LogP contribution in [0.3, 0.4) is 0 Å². The average molecular weight is 502 g/mol. The van der Waals surface area contributed by atoms with Crippen LogP contribution in [-0.4, -0.2) is 45.1 Å². The molecule has 0 aliphatic heterocycles. The summed E-state index contributed by atoms with van der Waals surface area (Å²) in [5, 5.41) is 0. The summed E-state index contributed by atoms with van der Waals surface area (Å²) in [4.78, 5) is 10.7. The second kappa shape index (κ2) is 14.0. The summed E-state index contributed by atoms with van der Waals surface area (Å²) in [6.07, 6.45) is 15.8. The predicted octanol–water partition coefficient (Wildman–Crippen LogP) is 4.65. The number of aryl methyl sites for hydroxylation is 1. The molecule has 127 valence electrons. The third kappa shape index (κ3) is 11.8. The molecule has 1 aromatic rings. The summed E-state index contributed by atoms with van der Waals surface area (Å²) in [7, 11) is 0. The fourth-order valence-corrected chi connectivity index (χ4v) is 1.92. The number of hydrogen-bond acceptors (Lipinski definition) is 1. The molecule has 0 amide bonds. The number of carbonyl (C=O) groups is 1. The largest absolute Gasteiger partial charge is 0 e. The van der Waals surface area contributed by atoms with Gasteiger partial charge in [-0.1, -0.05) is 23.3 Å². The van der Waals surface area contributed by atoms with E-state index in [1.807, 2.05) is 80.5 Å². The van der Waals surface area contributed by atoms with Gasteiger partial charge in [0.05, 0.1) is 0 Å². The molecule has 1 aromatic carbocycles. The van der Waals surface area contributed by atoms with E-state index in [-0.39, 0.29) is 29.1 Å². The van der Waals surface area contributed by atoms with Gasteiger partial charge in [0.2, 0.25) is 0 Å². The Morgan fingerprint density at radius 2 is 1.24 bits per heavy atom. The van der Waals surface area contributed by atoms with Crippen LogP contribution in [0.2, 0.25) is 0 Å². The molecule has 0 atom stereocenters. The van der Waals surface area contributed by atoms with Crippen LogP contribution in [0.15, 0.2) is 83.3 Å². The summed E-state index contributed by atoms with van der Waals surface area (Å²) in [5.41, 5.74) is 10.3. The Bertz CT molecular complexity index is 701. The maximum atomic E-state index is 10.7. The third-order valence-corrected chi connectivity index (χ3v) is 3.55. The van der Waals surface area contributed by atoms with E-state index in [1.165, 1.54) is 16.7 Å². The van der Waals surface area contributed by atoms with Gasteiger partial charge < -0.3 is 0 Å². The van der Waals surface area contributed by atoms with E-state index in [0.717, 1.165) is 5.56 Å². The van der Waals surface area contributed by atoms with E-state index in [4.69, 9.17) is 0 Å². The van der Waals surface area contributed by atoms with E-state index < -0.39 is 0 Å². The second-order valence-electron chi connectivity index (χ2n) is 5.31. The Kier molecular flexibility index (Phi) is 13.3. The minimum atomic E-state index is 0. The quantitative estimate of drug-likeness (QED) is 0.404. The average Bonchev–Trinajstić information content (AvgIpc) is 2.58. The molecule has 1 nitrogen and oxygen atoms in total. The normalized spacial score (nSPS) is 13.2. The van der Waals surface area contributed by atoms with E-state index in [2.05, 4.69) is 41.3 Å². The van der Waals surface area contributed by atoms with Gasteiger partial charge in [0.25, 0.3) is 0 Å². The van der Waals surface area contributed by atoms with Gasteiger partial charge in [0.1, 0.15) is 0 Å². The minimum Gasteiger partial charge on any atom is 0 e. The molecule has 5 radical (unpaired) electrons. The molecule has 25 heavy (non-hydrogen) atoms. The first kappa shape index (κ1) is 23.7. The maximum Gasteiger partial charge on any atom is 0 e. The summed E-state index contributed by atoms with van der Waals surface area (Å²) in [5.74, 6) is 0. The van der Waals surface area contributed by atoms with Gasteiger partial charge >= 0.3 is 67.8 Å². The first-order valence-electron chi connectivity index (χ1n) is 7.62. The molecule has 0 spiro atoms. The molecule has 0 saturated carbocycles. The van der Waals surface area contributed by atoms with Gasteiger partial charge in [-0.2, -0.15) is 0 Å². The van der Waals surface area contributed by atoms with E-state index >= 15 is 0 Å². The van der Waals surface area contributed by atoms with E-state index in [1.54, 1.807) is 0 Å². The van der Waals surface area contributed by atoms with Crippen molar-refractivity contribution >= 4 is 45.1 Å². The molecule has 2 aliphatic rings. The van der Waals surface area contributed by atoms with Crippen LogP contribution < -0.4 is 0 Å². The van der Waals surface area contributed by atoms with Gasteiger partial charge in [-0.05, 0) is 38.2 Å². The molecule has 0 bridgehead atoms. The van der Waals surface area contributed by atoms with Crippen LogP contribution in [-0.2, 0) is 0 Å². The van der Waals surface area contributed by atoms with Crippen molar-refractivity contribution in [1.29, 1.82) is 0 Å². The van der Waals surface area contributed by atoms with Crippen molar-refractivity contribution in [3.05, 3.63) is 107 Å². The van der Waals surface area contributed by atoms with Gasteiger partial charge in [0, 0.05) is 37.3 Å². The third-order valence-electron chi connectivity index (χ3n) is 3.06. The van der Waals surface area contributed by atoms with Gasteiger partial charge in [-0.25, -0.2) is 0 Å². The fraction of sp³-hybridized carbons (Fsp3) is 0.136. The van der Waals surface area contributed by atoms with Crippen molar-refractivity contribution in [3.63, 3.8) is 0 Å². The van der Waals surface area contributed by atoms with E-state index in [0.29, 0.717) is 0 Å². The Labute approximate surface area is 177 Å². The molecule has 0 fully saturated rings. The van der Waals surface area contributed by atoms with Crippen molar-refractivity contribution < 1.29 is 4.79 Å². The molecular formula is C22H21OSbSe-. The number of rotatable bonds is 1. The van der Waals surface area contributed by atoms with Crippen molar-refractivity contribution in [3.8, 4) is 0 Å². The van der Waals surface area contributed by atoms with Crippen molar-refractivity contribution in [2.24, 2.45) is 0 Å². The molecule has 2 aliphatic carbocycles. The molecule has 0 saturated heterocycles. The molecule has 3 heteroatoms. The zero-order valence-electron chi connectivity index (χ0n) is 14.7. The smallest absolute Gasteiger partial charge is 0 e. The second-order valence-corrected chi connectivity index (χ2v) is 6.09. The van der Waals surface area contributed by atoms with Crippen LogP contribution in [0.5, 0.6) is 0 Å². The Morgan fingerprint density at radius 3 is 1.48 bits per heavy atom. The van der Waals surface area contributed by atoms with Gasteiger partial charge in [0.15, 0.2) is 0 Å². The molecule has 0 unspecified atom stereocenters. The van der Waals surface area contributed by atoms with Crippen LogP contribution in [0.25, 0.3) is 0 Å². The Morgan fingerprint density at radius 1 is 0.800 bits per heavy atom. The van der Waals surface area contributed by atoms with Crippen molar-refractivity contribution in [1.82, 2.24) is 0 Å². The van der Waals surface area contributed by atoms with Crippen LogP contribution in [0.1, 0.15) is 29.8 Å². The van der Waals surface area contributed by atoms with Gasteiger partial charge in [-0.3, -0.25) is 0 Å². The minimum absolute atomic E-state index is 0.